The average molecular weight is 532 g/mol. The van der Waals surface area contributed by atoms with Crippen LogP contribution < -0.4 is 14.2 Å². The second-order valence-corrected chi connectivity index (χ2v) is 8.75. The number of carbonyl (C=O) groups excluding carboxylic acids is 1. The third-order valence-electron chi connectivity index (χ3n) is 5.79. The first-order valence-electron chi connectivity index (χ1n) is 10.8. The highest BCUT2D eigenvalue weighted by Crippen LogP contribution is 2.39. The van der Waals surface area contributed by atoms with E-state index in [0.717, 1.165) is 32.0 Å². The Morgan fingerprint density at radius 1 is 0.943 bits per heavy atom. The second kappa shape index (κ2) is 9.31. The summed E-state index contributed by atoms with van der Waals surface area (Å²) >= 11 is 3.54. The third kappa shape index (κ3) is 4.17. The molecule has 0 radical (unpaired) electrons. The van der Waals surface area contributed by atoms with Crippen LogP contribution in [0.3, 0.4) is 0 Å². The molecule has 0 aliphatic carbocycles. The van der Waals surface area contributed by atoms with Gasteiger partial charge in [-0.15, -0.1) is 0 Å². The van der Waals surface area contributed by atoms with Crippen molar-refractivity contribution in [1.29, 1.82) is 0 Å². The van der Waals surface area contributed by atoms with Crippen LogP contribution in [-0.2, 0) is 0 Å². The van der Waals surface area contributed by atoms with Crippen molar-refractivity contribution in [3.63, 3.8) is 0 Å². The van der Waals surface area contributed by atoms with E-state index < -0.39 is 0 Å². The number of para-hydroxylation sites is 2. The first-order chi connectivity index (χ1) is 17.0. The lowest BCUT2D eigenvalue weighted by atomic mass is 9.99. The van der Waals surface area contributed by atoms with Crippen molar-refractivity contribution in [3.8, 4) is 17.2 Å². The number of carbonyl (C=O) groups is 1. The molecule has 0 unspecified atom stereocenters. The van der Waals surface area contributed by atoms with Gasteiger partial charge in [-0.3, -0.25) is 4.79 Å². The molecule has 8 heteroatoms. The Morgan fingerprint density at radius 2 is 1.69 bits per heavy atom. The molecule has 0 saturated heterocycles. The molecule has 2 aromatic heterocycles. The predicted molar refractivity (Wildman–Crippen MR) is 140 cm³/mol. The van der Waals surface area contributed by atoms with Crippen LogP contribution in [0.15, 0.2) is 65.3 Å². The van der Waals surface area contributed by atoms with Crippen molar-refractivity contribution >= 4 is 55.3 Å². The number of rotatable bonds is 7. The number of imidazole rings is 1. The lowest BCUT2D eigenvalue weighted by Gasteiger charge is -2.14. The average Bonchev–Trinajstić information content (AvgIpc) is 3.49. The van der Waals surface area contributed by atoms with Gasteiger partial charge in [0.15, 0.2) is 17.3 Å². The second-order valence-electron chi connectivity index (χ2n) is 7.84. The van der Waals surface area contributed by atoms with Gasteiger partial charge in [0.2, 0.25) is 5.75 Å². The number of allylic oxidation sites excluding steroid dienone is 1. The van der Waals surface area contributed by atoms with Gasteiger partial charge in [0.25, 0.3) is 0 Å². The summed E-state index contributed by atoms with van der Waals surface area (Å²) in [7, 11) is 4.56. The van der Waals surface area contributed by atoms with Gasteiger partial charge in [0, 0.05) is 32.7 Å². The summed E-state index contributed by atoms with van der Waals surface area (Å²) in [6, 6.07) is 16.9. The number of ketones is 1. The monoisotopic (exact) mass is 531 g/mol. The minimum Gasteiger partial charge on any atom is -0.493 e. The zero-order valence-corrected chi connectivity index (χ0v) is 20.9. The number of halogens is 1. The van der Waals surface area contributed by atoms with Crippen LogP contribution in [0.4, 0.5) is 0 Å². The molecule has 2 N–H and O–H groups in total. The number of fused-ring (bicyclic) bond motifs is 2. The molecule has 35 heavy (non-hydrogen) atoms. The van der Waals surface area contributed by atoms with Crippen LogP contribution in [0, 0.1) is 0 Å². The van der Waals surface area contributed by atoms with Gasteiger partial charge in [0.05, 0.1) is 37.9 Å². The van der Waals surface area contributed by atoms with E-state index in [1.54, 1.807) is 12.1 Å². The number of benzene rings is 3. The fourth-order valence-corrected chi connectivity index (χ4v) is 4.44. The van der Waals surface area contributed by atoms with Gasteiger partial charge in [-0.05, 0) is 48.5 Å². The molecule has 0 atom stereocenters. The number of hydrogen-bond acceptors (Lipinski definition) is 5. The van der Waals surface area contributed by atoms with E-state index in [0.29, 0.717) is 34.2 Å². The first-order valence-corrected chi connectivity index (χ1v) is 11.6. The van der Waals surface area contributed by atoms with Gasteiger partial charge in [0.1, 0.15) is 5.82 Å². The Bertz CT molecular complexity index is 1540. The van der Waals surface area contributed by atoms with Crippen LogP contribution in [0.1, 0.15) is 21.7 Å². The number of ether oxygens (including phenoxy) is 3. The summed E-state index contributed by atoms with van der Waals surface area (Å²) < 4.78 is 17.3. The Labute approximate surface area is 209 Å². The highest BCUT2D eigenvalue weighted by Gasteiger charge is 2.23. The first kappa shape index (κ1) is 22.7. The lowest BCUT2D eigenvalue weighted by Crippen LogP contribution is -2.06. The smallest absolute Gasteiger partial charge is 0.203 e. The van der Waals surface area contributed by atoms with E-state index in [2.05, 4.69) is 25.9 Å². The maximum absolute atomic E-state index is 14.0. The molecule has 0 fully saturated rings. The highest BCUT2D eigenvalue weighted by molar-refractivity contribution is 9.10. The molecular formula is C27H22BrN3O4. The minimum absolute atomic E-state index is 0.243. The molecule has 0 saturated carbocycles. The van der Waals surface area contributed by atoms with E-state index in [4.69, 9.17) is 19.2 Å². The number of hydrogen-bond donors (Lipinski definition) is 2. The molecule has 5 rings (SSSR count). The van der Waals surface area contributed by atoms with Crippen molar-refractivity contribution < 1.29 is 19.0 Å². The highest BCUT2D eigenvalue weighted by atomic mass is 79.9. The molecular weight excluding hydrogens is 510 g/mol. The van der Waals surface area contributed by atoms with Gasteiger partial charge >= 0.3 is 0 Å². The Balaban J connectivity index is 1.72. The number of aromatic amines is 2. The summed E-state index contributed by atoms with van der Waals surface area (Å²) in [4.78, 5) is 25.2. The molecule has 0 bridgehead atoms. The quantitative estimate of drug-likeness (QED) is 0.191. The number of nitrogens with one attached hydrogen (secondary N) is 2. The van der Waals surface area contributed by atoms with Crippen LogP contribution in [0.2, 0.25) is 0 Å². The van der Waals surface area contributed by atoms with Gasteiger partial charge in [-0.1, -0.05) is 28.1 Å². The normalized spacial score (nSPS) is 11.7. The predicted octanol–water partition coefficient (Wildman–Crippen LogP) is 6.26. The van der Waals surface area contributed by atoms with Crippen LogP contribution in [0.25, 0.3) is 33.6 Å². The summed E-state index contributed by atoms with van der Waals surface area (Å²) in [5.74, 6) is 1.44. The molecule has 176 valence electrons. The third-order valence-corrected chi connectivity index (χ3v) is 6.28. The number of nitrogens with zero attached hydrogens (tertiary/aromatic N) is 1. The van der Waals surface area contributed by atoms with Crippen LogP contribution >= 0.6 is 15.9 Å². The molecule has 0 amide bonds. The zero-order valence-electron chi connectivity index (χ0n) is 19.3. The standard InChI is InChI=1S/C27H22BrN3O4/c1-33-23-11-15(12-24(34-2)26(23)35-3)25(32)19(27-30-21-6-4-5-7-22(21)31-27)10-16-14-29-20-9-8-17(28)13-18(16)20/h4-14,29H,1-3H3,(H,30,31)/b19-10-. The fourth-order valence-electron chi connectivity index (χ4n) is 4.08. The van der Waals surface area contributed by atoms with Crippen molar-refractivity contribution in [1.82, 2.24) is 15.0 Å². The van der Waals surface area contributed by atoms with Crippen molar-refractivity contribution in [2.24, 2.45) is 0 Å². The van der Waals surface area contributed by atoms with E-state index in [-0.39, 0.29) is 5.78 Å². The Morgan fingerprint density at radius 3 is 2.37 bits per heavy atom. The van der Waals surface area contributed by atoms with Crippen molar-refractivity contribution in [2.75, 3.05) is 21.3 Å². The summed E-state index contributed by atoms with van der Waals surface area (Å²) in [6.07, 6.45) is 3.72. The number of Topliss-reactive ketones (excluding diaryl/α,β-unsaturated/α-hetero) is 1. The van der Waals surface area contributed by atoms with Crippen LogP contribution in [-0.4, -0.2) is 42.1 Å². The van der Waals surface area contributed by atoms with Crippen molar-refractivity contribution in [2.45, 2.75) is 0 Å². The molecule has 0 aliphatic rings. The van der Waals surface area contributed by atoms with E-state index in [9.17, 15) is 4.79 Å². The topological polar surface area (TPSA) is 89.2 Å². The summed E-state index contributed by atoms with van der Waals surface area (Å²) in [5.41, 5.74) is 4.21. The summed E-state index contributed by atoms with van der Waals surface area (Å²) in [5, 5.41) is 0.977. The molecule has 2 heterocycles. The number of methoxy groups -OCH3 is 3. The fraction of sp³-hybridized carbons (Fsp3) is 0.111. The molecule has 5 aromatic rings. The molecule has 0 spiro atoms. The molecule has 3 aromatic carbocycles. The van der Waals surface area contributed by atoms with Gasteiger partial charge < -0.3 is 24.2 Å². The number of aromatic nitrogens is 3. The molecule has 7 nitrogen and oxygen atoms in total. The SMILES string of the molecule is COc1cc(C(=O)/C(=C/c2c[nH]c3ccc(Br)cc23)c2nc3ccccc3[nH]2)cc(OC)c1OC. The van der Waals surface area contributed by atoms with E-state index in [1.165, 1.54) is 21.3 Å². The Hall–Kier alpha value is -4.04. The molecule has 0 aliphatic heterocycles. The van der Waals surface area contributed by atoms with E-state index in [1.807, 2.05) is 54.7 Å². The zero-order chi connectivity index (χ0) is 24.5. The maximum Gasteiger partial charge on any atom is 0.203 e. The van der Waals surface area contributed by atoms with Crippen LogP contribution in [0.5, 0.6) is 17.2 Å². The number of H-pyrrole nitrogens is 2. The largest absolute Gasteiger partial charge is 0.493 e. The van der Waals surface area contributed by atoms with Gasteiger partial charge in [-0.2, -0.15) is 0 Å². The van der Waals surface area contributed by atoms with Gasteiger partial charge in [-0.25, -0.2) is 4.98 Å². The summed E-state index contributed by atoms with van der Waals surface area (Å²) in [6.45, 7) is 0. The lowest BCUT2D eigenvalue weighted by molar-refractivity contribution is 0.105. The van der Waals surface area contributed by atoms with E-state index >= 15 is 0 Å². The van der Waals surface area contributed by atoms with Crippen molar-refractivity contribution in [3.05, 3.63) is 82.2 Å². The minimum atomic E-state index is -0.243. The maximum atomic E-state index is 14.0. The Kier molecular flexibility index (Phi) is 6.05.